The van der Waals surface area contributed by atoms with Gasteiger partial charge in [-0.3, -0.25) is 14.9 Å². The van der Waals surface area contributed by atoms with Crippen LogP contribution >= 0.6 is 11.6 Å². The zero-order chi connectivity index (χ0) is 20.1. The summed E-state index contributed by atoms with van der Waals surface area (Å²) in [6.07, 6.45) is 3.66. The lowest BCUT2D eigenvalue weighted by Gasteiger charge is -2.32. The molecule has 0 spiro atoms. The van der Waals surface area contributed by atoms with Crippen molar-refractivity contribution >= 4 is 17.5 Å². The van der Waals surface area contributed by atoms with Gasteiger partial charge in [0.05, 0.1) is 31.0 Å². The summed E-state index contributed by atoms with van der Waals surface area (Å²) in [6, 6.07) is 12.8. The second kappa shape index (κ2) is 9.07. The van der Waals surface area contributed by atoms with Crippen LogP contribution in [0.25, 0.3) is 0 Å². The van der Waals surface area contributed by atoms with Gasteiger partial charge in [-0.25, -0.2) is 0 Å². The number of amides is 1. The number of rotatable bonds is 6. The van der Waals surface area contributed by atoms with Crippen LogP contribution in [0.15, 0.2) is 54.9 Å². The molecule has 1 fully saturated rings. The van der Waals surface area contributed by atoms with E-state index in [0.717, 1.165) is 17.1 Å². The smallest absolute Gasteiger partial charge is 0.255 e. The monoisotopic (exact) mass is 412 g/mol. The summed E-state index contributed by atoms with van der Waals surface area (Å²) >= 11 is 5.87. The number of hydrogen-bond donors (Lipinski definition) is 1. The van der Waals surface area contributed by atoms with Crippen molar-refractivity contribution in [1.82, 2.24) is 20.1 Å². The summed E-state index contributed by atoms with van der Waals surface area (Å²) in [6.45, 7) is 1.99. The molecule has 0 unspecified atom stereocenters. The van der Waals surface area contributed by atoms with E-state index in [2.05, 4.69) is 15.2 Å². The SMILES string of the molecule is O=C(c1cccnc1)N1CCO[C@@H](c2cc(CCOc3ccc(Cl)cc3)[nH]n2)C1. The fourth-order valence-electron chi connectivity index (χ4n) is 3.17. The number of morpholine rings is 1. The molecule has 1 atom stereocenters. The highest BCUT2D eigenvalue weighted by atomic mass is 35.5. The van der Waals surface area contributed by atoms with Gasteiger partial charge in [-0.05, 0) is 42.5 Å². The minimum atomic E-state index is -0.258. The molecule has 1 aliphatic heterocycles. The molecule has 0 radical (unpaired) electrons. The van der Waals surface area contributed by atoms with Gasteiger partial charge in [-0.15, -0.1) is 0 Å². The molecular weight excluding hydrogens is 392 g/mol. The van der Waals surface area contributed by atoms with Crippen LogP contribution in [-0.4, -0.2) is 52.3 Å². The van der Waals surface area contributed by atoms with Crippen LogP contribution in [0.2, 0.25) is 5.02 Å². The maximum Gasteiger partial charge on any atom is 0.255 e. The maximum absolute atomic E-state index is 12.7. The zero-order valence-electron chi connectivity index (χ0n) is 15.8. The van der Waals surface area contributed by atoms with Gasteiger partial charge in [0, 0.05) is 36.1 Å². The first-order chi connectivity index (χ1) is 14.2. The Hall–Kier alpha value is -2.90. The first kappa shape index (κ1) is 19.4. The van der Waals surface area contributed by atoms with E-state index >= 15 is 0 Å². The molecule has 8 heteroatoms. The molecule has 0 saturated carbocycles. The van der Waals surface area contributed by atoms with Crippen molar-refractivity contribution in [3.05, 3.63) is 76.8 Å². The normalized spacial score (nSPS) is 16.6. The number of pyridine rings is 1. The quantitative estimate of drug-likeness (QED) is 0.672. The topological polar surface area (TPSA) is 80.3 Å². The first-order valence-electron chi connectivity index (χ1n) is 9.42. The van der Waals surface area contributed by atoms with Crippen LogP contribution in [0.4, 0.5) is 0 Å². The highest BCUT2D eigenvalue weighted by molar-refractivity contribution is 6.30. The number of halogens is 1. The molecule has 1 aliphatic rings. The molecular formula is C21H21ClN4O3. The minimum absolute atomic E-state index is 0.0430. The lowest BCUT2D eigenvalue weighted by atomic mass is 10.1. The molecule has 1 saturated heterocycles. The van der Waals surface area contributed by atoms with Crippen LogP contribution < -0.4 is 4.74 Å². The fourth-order valence-corrected chi connectivity index (χ4v) is 3.29. The van der Waals surface area contributed by atoms with Gasteiger partial charge >= 0.3 is 0 Å². The van der Waals surface area contributed by atoms with Gasteiger partial charge in [-0.1, -0.05) is 11.6 Å². The summed E-state index contributed by atoms with van der Waals surface area (Å²) < 4.78 is 11.6. The van der Waals surface area contributed by atoms with E-state index in [1.165, 1.54) is 0 Å². The van der Waals surface area contributed by atoms with Crippen LogP contribution in [0, 0.1) is 0 Å². The Bertz CT molecular complexity index is 946. The lowest BCUT2D eigenvalue weighted by molar-refractivity contribution is -0.0247. The number of hydrogen-bond acceptors (Lipinski definition) is 5. The summed E-state index contributed by atoms with van der Waals surface area (Å²) in [5.74, 6) is 0.729. The summed E-state index contributed by atoms with van der Waals surface area (Å²) in [4.78, 5) is 18.5. The number of carbonyl (C=O) groups excluding carboxylic acids is 1. The van der Waals surface area contributed by atoms with E-state index in [-0.39, 0.29) is 12.0 Å². The van der Waals surface area contributed by atoms with Gasteiger partial charge < -0.3 is 14.4 Å². The molecule has 1 N–H and O–H groups in total. The number of nitrogens with zero attached hydrogens (tertiary/aromatic N) is 3. The molecule has 3 heterocycles. The maximum atomic E-state index is 12.7. The second-order valence-corrected chi connectivity index (χ2v) is 7.16. The molecule has 7 nitrogen and oxygen atoms in total. The standard InChI is InChI=1S/C21H21ClN4O3/c22-16-3-5-18(6-4-16)28-10-7-17-12-19(25-24-17)20-14-26(9-11-29-20)21(27)15-2-1-8-23-13-15/h1-6,8,12-13,20H,7,9-11,14H2,(H,24,25)/t20-/m1/s1. The molecule has 2 aromatic heterocycles. The number of aromatic amines is 1. The van der Waals surface area contributed by atoms with E-state index in [9.17, 15) is 4.79 Å². The van der Waals surface area contributed by atoms with Crippen LogP contribution in [-0.2, 0) is 11.2 Å². The van der Waals surface area contributed by atoms with E-state index in [0.29, 0.717) is 43.3 Å². The number of aromatic nitrogens is 3. The van der Waals surface area contributed by atoms with E-state index in [1.54, 1.807) is 41.6 Å². The Kier molecular flexibility index (Phi) is 6.07. The lowest BCUT2D eigenvalue weighted by Crippen LogP contribution is -2.42. The highest BCUT2D eigenvalue weighted by Gasteiger charge is 2.27. The van der Waals surface area contributed by atoms with Crippen molar-refractivity contribution in [3.63, 3.8) is 0 Å². The van der Waals surface area contributed by atoms with Crippen LogP contribution in [0.5, 0.6) is 5.75 Å². The third-order valence-corrected chi connectivity index (χ3v) is 4.95. The Morgan fingerprint density at radius 2 is 2.17 bits per heavy atom. The minimum Gasteiger partial charge on any atom is -0.493 e. The van der Waals surface area contributed by atoms with Crippen LogP contribution in [0.1, 0.15) is 27.8 Å². The Morgan fingerprint density at radius 3 is 2.97 bits per heavy atom. The largest absolute Gasteiger partial charge is 0.493 e. The van der Waals surface area contributed by atoms with Gasteiger partial charge in [0.2, 0.25) is 0 Å². The van der Waals surface area contributed by atoms with Crippen molar-refractivity contribution in [3.8, 4) is 5.75 Å². The van der Waals surface area contributed by atoms with E-state index < -0.39 is 0 Å². The summed E-state index contributed by atoms with van der Waals surface area (Å²) in [7, 11) is 0. The zero-order valence-corrected chi connectivity index (χ0v) is 16.5. The number of H-pyrrole nitrogens is 1. The van der Waals surface area contributed by atoms with Gasteiger partial charge in [0.15, 0.2) is 0 Å². The Balaban J connectivity index is 1.32. The molecule has 3 aromatic rings. The van der Waals surface area contributed by atoms with Gasteiger partial charge in [-0.2, -0.15) is 5.10 Å². The number of ether oxygens (including phenoxy) is 2. The molecule has 29 heavy (non-hydrogen) atoms. The highest BCUT2D eigenvalue weighted by Crippen LogP contribution is 2.23. The fraction of sp³-hybridized carbons (Fsp3) is 0.286. The first-order valence-corrected chi connectivity index (χ1v) is 9.80. The molecule has 150 valence electrons. The average Bonchev–Trinajstić information content (AvgIpc) is 3.24. The van der Waals surface area contributed by atoms with Crippen molar-refractivity contribution in [2.75, 3.05) is 26.3 Å². The number of benzene rings is 1. The van der Waals surface area contributed by atoms with Crippen LogP contribution in [0.3, 0.4) is 0 Å². The van der Waals surface area contributed by atoms with E-state index in [1.807, 2.05) is 18.2 Å². The number of nitrogens with one attached hydrogen (secondary N) is 1. The predicted octanol–water partition coefficient (Wildman–Crippen LogP) is 3.29. The van der Waals surface area contributed by atoms with E-state index in [4.69, 9.17) is 21.1 Å². The molecule has 0 bridgehead atoms. The molecule has 1 aromatic carbocycles. The Morgan fingerprint density at radius 1 is 1.31 bits per heavy atom. The van der Waals surface area contributed by atoms with Gasteiger partial charge in [0.25, 0.3) is 5.91 Å². The molecule has 1 amide bonds. The third kappa shape index (κ3) is 4.93. The Labute approximate surface area is 173 Å². The van der Waals surface area contributed by atoms with Gasteiger partial charge in [0.1, 0.15) is 11.9 Å². The molecule has 0 aliphatic carbocycles. The summed E-state index contributed by atoms with van der Waals surface area (Å²) in [5.41, 5.74) is 2.32. The van der Waals surface area contributed by atoms with Crippen molar-refractivity contribution < 1.29 is 14.3 Å². The second-order valence-electron chi connectivity index (χ2n) is 6.72. The third-order valence-electron chi connectivity index (χ3n) is 4.70. The number of carbonyl (C=O) groups is 1. The summed E-state index contributed by atoms with van der Waals surface area (Å²) in [5, 5.41) is 8.08. The van der Waals surface area contributed by atoms with Crippen molar-refractivity contribution in [2.24, 2.45) is 0 Å². The average molecular weight is 413 g/mol. The molecule has 4 rings (SSSR count). The van der Waals surface area contributed by atoms with Crippen molar-refractivity contribution in [1.29, 1.82) is 0 Å². The predicted molar refractivity (Wildman–Crippen MR) is 108 cm³/mol. The van der Waals surface area contributed by atoms with Crippen molar-refractivity contribution in [2.45, 2.75) is 12.5 Å².